The molecule has 0 saturated carbocycles. The zero-order valence-electron chi connectivity index (χ0n) is 11.1. The van der Waals surface area contributed by atoms with Crippen molar-refractivity contribution in [3.63, 3.8) is 0 Å². The summed E-state index contributed by atoms with van der Waals surface area (Å²) >= 11 is 0. The number of primary amides is 1. The predicted molar refractivity (Wildman–Crippen MR) is 69.9 cm³/mol. The van der Waals surface area contributed by atoms with Gasteiger partial charge in [0.2, 0.25) is 5.91 Å². The maximum Gasteiger partial charge on any atom is 0.220 e. The predicted octanol–water partition coefficient (Wildman–Crippen LogP) is 1.25. The highest BCUT2D eigenvalue weighted by Gasteiger charge is 2.22. The fourth-order valence-electron chi connectivity index (χ4n) is 1.73. The van der Waals surface area contributed by atoms with E-state index < -0.39 is 18.1 Å². The summed E-state index contributed by atoms with van der Waals surface area (Å²) in [7, 11) is 0. The lowest BCUT2D eigenvalue weighted by Gasteiger charge is -2.22. The Balaban J connectivity index is 2.93. The van der Waals surface area contributed by atoms with Gasteiger partial charge in [0.1, 0.15) is 6.10 Å². The maximum atomic E-state index is 10.7. The molecule has 0 fully saturated rings. The van der Waals surface area contributed by atoms with Gasteiger partial charge in [0.15, 0.2) is 0 Å². The number of amides is 1. The minimum atomic E-state index is -1.17. The first-order valence-electron chi connectivity index (χ1n) is 5.96. The van der Waals surface area contributed by atoms with Crippen LogP contribution in [0.15, 0.2) is 24.3 Å². The molecule has 0 radical (unpaired) electrons. The van der Waals surface area contributed by atoms with Crippen molar-refractivity contribution in [2.75, 3.05) is 0 Å². The van der Waals surface area contributed by atoms with E-state index in [0.717, 1.165) is 5.56 Å². The average molecular weight is 251 g/mol. The highest BCUT2D eigenvalue weighted by Crippen LogP contribution is 2.26. The van der Waals surface area contributed by atoms with E-state index in [2.05, 4.69) is 20.8 Å². The summed E-state index contributed by atoms with van der Waals surface area (Å²) in [4.78, 5) is 10.7. The van der Waals surface area contributed by atoms with Crippen LogP contribution < -0.4 is 5.73 Å². The Labute approximate surface area is 107 Å². The molecule has 4 heteroatoms. The molecule has 0 aliphatic carbocycles. The maximum absolute atomic E-state index is 10.7. The second kappa shape index (κ2) is 5.50. The molecule has 0 bridgehead atoms. The van der Waals surface area contributed by atoms with Crippen LogP contribution >= 0.6 is 0 Å². The first-order valence-corrected chi connectivity index (χ1v) is 5.96. The molecule has 2 unspecified atom stereocenters. The lowest BCUT2D eigenvalue weighted by molar-refractivity contribution is -0.121. The van der Waals surface area contributed by atoms with Gasteiger partial charge in [0.25, 0.3) is 0 Å². The lowest BCUT2D eigenvalue weighted by Crippen LogP contribution is -2.26. The van der Waals surface area contributed by atoms with Crippen molar-refractivity contribution in [2.24, 2.45) is 5.73 Å². The lowest BCUT2D eigenvalue weighted by atomic mass is 9.85. The van der Waals surface area contributed by atoms with Gasteiger partial charge < -0.3 is 15.9 Å². The Morgan fingerprint density at radius 3 is 2.44 bits per heavy atom. The molecular formula is C14H21NO3. The summed E-state index contributed by atoms with van der Waals surface area (Å²) in [6, 6.07) is 7.37. The molecule has 1 amide bonds. The van der Waals surface area contributed by atoms with Crippen LogP contribution in [0.5, 0.6) is 0 Å². The highest BCUT2D eigenvalue weighted by molar-refractivity contribution is 5.74. The van der Waals surface area contributed by atoms with E-state index in [1.54, 1.807) is 6.07 Å². The van der Waals surface area contributed by atoms with Crippen LogP contribution in [-0.2, 0) is 10.2 Å². The van der Waals surface area contributed by atoms with Crippen LogP contribution in [0.1, 0.15) is 44.4 Å². The Kier molecular flexibility index (Phi) is 4.48. The molecule has 0 heterocycles. The minimum absolute atomic E-state index is 0.0373. The van der Waals surface area contributed by atoms with Gasteiger partial charge in [-0.05, 0) is 16.5 Å². The van der Waals surface area contributed by atoms with E-state index in [-0.39, 0.29) is 11.8 Å². The topological polar surface area (TPSA) is 83.6 Å². The molecule has 0 saturated heterocycles. The van der Waals surface area contributed by atoms with E-state index in [0.29, 0.717) is 5.56 Å². The zero-order valence-corrected chi connectivity index (χ0v) is 11.1. The van der Waals surface area contributed by atoms with Crippen molar-refractivity contribution in [3.8, 4) is 0 Å². The van der Waals surface area contributed by atoms with Gasteiger partial charge in [-0.3, -0.25) is 4.79 Å². The van der Waals surface area contributed by atoms with Crippen LogP contribution in [0.2, 0.25) is 0 Å². The van der Waals surface area contributed by atoms with Crippen LogP contribution in [-0.4, -0.2) is 22.2 Å². The van der Waals surface area contributed by atoms with Gasteiger partial charge in [0, 0.05) is 0 Å². The first kappa shape index (κ1) is 14.7. The van der Waals surface area contributed by atoms with Gasteiger partial charge >= 0.3 is 0 Å². The second-order valence-corrected chi connectivity index (χ2v) is 5.56. The van der Waals surface area contributed by atoms with Crippen molar-refractivity contribution < 1.29 is 15.0 Å². The number of hydrogen-bond donors (Lipinski definition) is 3. The molecule has 1 aromatic rings. The number of benzene rings is 1. The average Bonchev–Trinajstić information content (AvgIpc) is 2.26. The number of rotatable bonds is 4. The molecule has 4 N–H and O–H groups in total. The van der Waals surface area contributed by atoms with Gasteiger partial charge in [0.05, 0.1) is 12.5 Å². The van der Waals surface area contributed by atoms with Gasteiger partial charge in [-0.15, -0.1) is 0 Å². The van der Waals surface area contributed by atoms with E-state index in [9.17, 15) is 15.0 Å². The van der Waals surface area contributed by atoms with Crippen LogP contribution in [0.25, 0.3) is 0 Å². The molecule has 0 aromatic heterocycles. The van der Waals surface area contributed by atoms with Crippen LogP contribution in [0, 0.1) is 0 Å². The number of aliphatic hydroxyl groups excluding tert-OH is 2. The number of hydrogen-bond acceptors (Lipinski definition) is 3. The van der Waals surface area contributed by atoms with Gasteiger partial charge in [-0.2, -0.15) is 0 Å². The summed E-state index contributed by atoms with van der Waals surface area (Å²) in [5.41, 5.74) is 6.62. The highest BCUT2D eigenvalue weighted by atomic mass is 16.3. The summed E-state index contributed by atoms with van der Waals surface area (Å²) in [6.07, 6.45) is -2.52. The van der Waals surface area contributed by atoms with Crippen LogP contribution in [0.4, 0.5) is 0 Å². The molecular weight excluding hydrogens is 230 g/mol. The third-order valence-corrected chi connectivity index (χ3v) is 2.87. The van der Waals surface area contributed by atoms with Gasteiger partial charge in [-0.25, -0.2) is 0 Å². The van der Waals surface area contributed by atoms with Crippen molar-refractivity contribution in [2.45, 2.75) is 44.8 Å². The van der Waals surface area contributed by atoms with Crippen molar-refractivity contribution in [3.05, 3.63) is 35.4 Å². The van der Waals surface area contributed by atoms with E-state index >= 15 is 0 Å². The first-order chi connectivity index (χ1) is 8.21. The second-order valence-electron chi connectivity index (χ2n) is 5.56. The molecule has 100 valence electrons. The molecule has 0 spiro atoms. The monoisotopic (exact) mass is 251 g/mol. The summed E-state index contributed by atoms with van der Waals surface area (Å²) in [5.74, 6) is -0.631. The normalized spacial score (nSPS) is 15.2. The molecule has 1 rings (SSSR count). The van der Waals surface area contributed by atoms with E-state index in [1.807, 2.05) is 18.2 Å². The molecule has 4 nitrogen and oxygen atoms in total. The number of nitrogens with two attached hydrogens (primary N) is 1. The molecule has 18 heavy (non-hydrogen) atoms. The number of aliphatic hydroxyl groups is 2. The third-order valence-electron chi connectivity index (χ3n) is 2.87. The molecule has 0 aliphatic heterocycles. The zero-order chi connectivity index (χ0) is 13.9. The fourth-order valence-corrected chi connectivity index (χ4v) is 1.73. The number of carbonyl (C=O) groups is 1. The van der Waals surface area contributed by atoms with Crippen LogP contribution in [0.3, 0.4) is 0 Å². The smallest absolute Gasteiger partial charge is 0.220 e. The summed E-state index contributed by atoms with van der Waals surface area (Å²) < 4.78 is 0. The largest absolute Gasteiger partial charge is 0.390 e. The fraction of sp³-hybridized carbons (Fsp3) is 0.500. The SMILES string of the molecule is CC(C)(C)c1cccc(C(O)C(O)CC(N)=O)c1. The molecule has 1 aromatic carbocycles. The molecule has 0 aliphatic rings. The summed E-state index contributed by atoms with van der Waals surface area (Å²) in [5, 5.41) is 19.7. The Morgan fingerprint density at radius 1 is 1.33 bits per heavy atom. The standard InChI is InChI=1S/C14H21NO3/c1-14(2,3)10-6-4-5-9(7-10)13(18)11(16)8-12(15)17/h4-7,11,13,16,18H,8H2,1-3H3,(H2,15,17). The Morgan fingerprint density at radius 2 is 1.94 bits per heavy atom. The van der Waals surface area contributed by atoms with E-state index in [4.69, 9.17) is 5.73 Å². The Hall–Kier alpha value is -1.39. The van der Waals surface area contributed by atoms with Crippen molar-refractivity contribution in [1.29, 1.82) is 0 Å². The number of carbonyl (C=O) groups excluding carboxylic acids is 1. The minimum Gasteiger partial charge on any atom is -0.390 e. The van der Waals surface area contributed by atoms with Crippen molar-refractivity contribution >= 4 is 5.91 Å². The summed E-state index contributed by atoms with van der Waals surface area (Å²) in [6.45, 7) is 6.20. The van der Waals surface area contributed by atoms with E-state index in [1.165, 1.54) is 0 Å². The quantitative estimate of drug-likeness (QED) is 0.753. The Bertz CT molecular complexity index is 423. The van der Waals surface area contributed by atoms with Crippen molar-refractivity contribution in [1.82, 2.24) is 0 Å². The van der Waals surface area contributed by atoms with Gasteiger partial charge in [-0.1, -0.05) is 45.0 Å². The third kappa shape index (κ3) is 3.82. The molecule has 2 atom stereocenters.